The Bertz CT molecular complexity index is 1030. The van der Waals surface area contributed by atoms with Crippen molar-refractivity contribution < 1.29 is 0 Å². The lowest BCUT2D eigenvalue weighted by Gasteiger charge is -2.20. The van der Waals surface area contributed by atoms with Crippen molar-refractivity contribution in [1.29, 1.82) is 0 Å². The molecule has 0 aliphatic heterocycles. The number of benzene rings is 1. The van der Waals surface area contributed by atoms with Crippen LogP contribution in [0.25, 0.3) is 10.9 Å². The van der Waals surface area contributed by atoms with Gasteiger partial charge in [-0.05, 0) is 62.3 Å². The topological polar surface area (TPSA) is 89.3 Å². The van der Waals surface area contributed by atoms with Gasteiger partial charge in [0.1, 0.15) is 5.82 Å². The number of nitrogens with zero attached hydrogens (tertiary/aromatic N) is 2. The highest BCUT2D eigenvalue weighted by Crippen LogP contribution is 2.32. The van der Waals surface area contributed by atoms with Crippen molar-refractivity contribution in [3.05, 3.63) is 53.1 Å². The number of nitrogens with one attached hydrogen (secondary N) is 1. The maximum absolute atomic E-state index is 6.55. The number of aliphatic imine (C=N–C) groups is 1. The predicted molar refractivity (Wildman–Crippen MR) is 158 cm³/mol. The standard InChI is InChI=1S/C27H39N5S.C2H6/c1-4-6-15-30-24(18-21-11-9-19(5-2)10-12-21)25-22-14-13-20(8-7-16-31-33-3)17-23(22)32-27(29)26(25)28;1-2/h9-11,13-14,17,21,31H,4-8,12,15-16,18,28H2,1-3H3,(H2,29,32);1-2H3. The molecule has 0 saturated carbocycles. The summed E-state index contributed by atoms with van der Waals surface area (Å²) in [6, 6.07) is 6.52. The fourth-order valence-electron chi connectivity index (χ4n) is 4.27. The number of fused-ring (bicyclic) bond motifs is 1. The van der Waals surface area contributed by atoms with Crippen LogP contribution in [0.15, 0.2) is 47.0 Å². The van der Waals surface area contributed by atoms with Crippen molar-refractivity contribution in [2.24, 2.45) is 10.9 Å². The summed E-state index contributed by atoms with van der Waals surface area (Å²) in [6.07, 6.45) is 16.2. The number of nitrogens with two attached hydrogens (primary N) is 2. The first-order chi connectivity index (χ1) is 17.1. The van der Waals surface area contributed by atoms with E-state index in [0.717, 1.165) is 80.2 Å². The summed E-state index contributed by atoms with van der Waals surface area (Å²) in [5.74, 6) is 0.821. The first-order valence-electron chi connectivity index (χ1n) is 13.2. The lowest BCUT2D eigenvalue weighted by molar-refractivity contribution is 0.677. The molecule has 35 heavy (non-hydrogen) atoms. The van der Waals surface area contributed by atoms with E-state index >= 15 is 0 Å². The first kappa shape index (κ1) is 28.9. The highest BCUT2D eigenvalue weighted by molar-refractivity contribution is 7.96. The second kappa shape index (κ2) is 15.6. The van der Waals surface area contributed by atoms with Gasteiger partial charge in [0.2, 0.25) is 0 Å². The van der Waals surface area contributed by atoms with Crippen LogP contribution in [0, 0.1) is 5.92 Å². The maximum Gasteiger partial charge on any atom is 0.148 e. The molecule has 1 unspecified atom stereocenters. The predicted octanol–water partition coefficient (Wildman–Crippen LogP) is 7.12. The van der Waals surface area contributed by atoms with Crippen LogP contribution in [0.4, 0.5) is 11.5 Å². The summed E-state index contributed by atoms with van der Waals surface area (Å²) in [5.41, 5.74) is 19.0. The molecule has 2 aromatic rings. The third-order valence-corrected chi connectivity index (χ3v) is 6.73. The van der Waals surface area contributed by atoms with E-state index in [-0.39, 0.29) is 0 Å². The fraction of sp³-hybridized carbons (Fsp3) is 0.517. The van der Waals surface area contributed by atoms with E-state index in [2.05, 4.69) is 66.2 Å². The Morgan fingerprint density at radius 1 is 1.20 bits per heavy atom. The number of allylic oxidation sites excluding steroid dienone is 4. The second-order valence-electron chi connectivity index (χ2n) is 8.71. The molecule has 6 heteroatoms. The van der Waals surface area contributed by atoms with E-state index in [1.54, 1.807) is 11.9 Å². The zero-order valence-corrected chi connectivity index (χ0v) is 23.2. The summed E-state index contributed by atoms with van der Waals surface area (Å²) < 4.78 is 3.30. The normalized spacial score (nSPS) is 15.6. The van der Waals surface area contributed by atoms with E-state index in [0.29, 0.717) is 17.4 Å². The van der Waals surface area contributed by atoms with Crippen molar-refractivity contribution in [3.63, 3.8) is 0 Å². The smallest absolute Gasteiger partial charge is 0.148 e. The van der Waals surface area contributed by atoms with Gasteiger partial charge in [0.05, 0.1) is 11.2 Å². The third kappa shape index (κ3) is 8.39. The van der Waals surface area contributed by atoms with Crippen molar-refractivity contribution in [1.82, 2.24) is 9.71 Å². The van der Waals surface area contributed by atoms with E-state index < -0.39 is 0 Å². The van der Waals surface area contributed by atoms with Gasteiger partial charge in [0.15, 0.2) is 0 Å². The molecular weight excluding hydrogens is 450 g/mol. The van der Waals surface area contributed by atoms with Gasteiger partial charge in [-0.15, -0.1) is 0 Å². The molecule has 1 heterocycles. The molecule has 1 atom stereocenters. The molecule has 3 rings (SSSR count). The average Bonchev–Trinajstić information content (AvgIpc) is 2.89. The Balaban J connectivity index is 0.00000210. The molecule has 0 fully saturated rings. The molecule has 0 spiro atoms. The minimum atomic E-state index is 0.397. The van der Waals surface area contributed by atoms with Crippen LogP contribution in [0.2, 0.25) is 0 Å². The Morgan fingerprint density at radius 2 is 2.00 bits per heavy atom. The van der Waals surface area contributed by atoms with Gasteiger partial charge in [-0.1, -0.05) is 82.0 Å². The molecule has 0 bridgehead atoms. The average molecular weight is 496 g/mol. The molecule has 1 aliphatic rings. The van der Waals surface area contributed by atoms with Crippen LogP contribution in [0.3, 0.4) is 0 Å². The van der Waals surface area contributed by atoms with E-state index in [9.17, 15) is 0 Å². The van der Waals surface area contributed by atoms with E-state index in [1.807, 2.05) is 13.8 Å². The molecule has 1 aromatic heterocycles. The van der Waals surface area contributed by atoms with Crippen LogP contribution >= 0.6 is 11.9 Å². The van der Waals surface area contributed by atoms with Gasteiger partial charge in [-0.25, -0.2) is 4.98 Å². The van der Waals surface area contributed by atoms with Crippen molar-refractivity contribution >= 4 is 40.1 Å². The van der Waals surface area contributed by atoms with Gasteiger partial charge in [-0.3, -0.25) is 9.71 Å². The minimum Gasteiger partial charge on any atom is -0.395 e. The molecule has 0 saturated heterocycles. The molecule has 1 aromatic carbocycles. The van der Waals surface area contributed by atoms with Crippen LogP contribution in [-0.4, -0.2) is 30.0 Å². The van der Waals surface area contributed by atoms with Gasteiger partial charge in [0.25, 0.3) is 0 Å². The van der Waals surface area contributed by atoms with Crippen LogP contribution < -0.4 is 16.2 Å². The second-order valence-corrected chi connectivity index (χ2v) is 9.41. The van der Waals surface area contributed by atoms with E-state index in [4.69, 9.17) is 16.5 Å². The number of aromatic nitrogens is 1. The van der Waals surface area contributed by atoms with Crippen molar-refractivity contribution in [2.45, 2.75) is 72.6 Å². The lowest BCUT2D eigenvalue weighted by atomic mass is 9.88. The Labute approximate surface area is 217 Å². The number of anilines is 2. The fourth-order valence-corrected chi connectivity index (χ4v) is 4.61. The number of aryl methyl sites for hydroxylation is 1. The molecule has 5 N–H and O–H groups in total. The van der Waals surface area contributed by atoms with Gasteiger partial charge in [0, 0.05) is 29.8 Å². The zero-order valence-electron chi connectivity index (χ0n) is 22.4. The number of hydrogen-bond donors (Lipinski definition) is 3. The highest BCUT2D eigenvalue weighted by Gasteiger charge is 2.20. The van der Waals surface area contributed by atoms with Crippen molar-refractivity contribution in [3.8, 4) is 0 Å². The summed E-state index contributed by atoms with van der Waals surface area (Å²) in [5, 5.41) is 1.05. The monoisotopic (exact) mass is 495 g/mol. The minimum absolute atomic E-state index is 0.397. The Hall–Kier alpha value is -2.31. The third-order valence-electron chi connectivity index (χ3n) is 6.24. The molecular formula is C29H45N5S. The van der Waals surface area contributed by atoms with Crippen LogP contribution in [0.1, 0.15) is 77.3 Å². The largest absolute Gasteiger partial charge is 0.395 e. The number of nitrogen functional groups attached to an aromatic ring is 2. The Morgan fingerprint density at radius 3 is 2.66 bits per heavy atom. The van der Waals surface area contributed by atoms with Crippen molar-refractivity contribution in [2.75, 3.05) is 30.8 Å². The zero-order chi connectivity index (χ0) is 25.6. The number of hydrogen-bond acceptors (Lipinski definition) is 6. The number of rotatable bonds is 12. The first-order valence-corrected chi connectivity index (χ1v) is 14.4. The SMILES string of the molecule is CC.CCCCN=C(CC1C=CC(CC)=CC1)c1c(N)c(N)nc2cc(CCCNSC)ccc12. The summed E-state index contributed by atoms with van der Waals surface area (Å²) in [6.45, 7) is 10.2. The molecule has 0 radical (unpaired) electrons. The van der Waals surface area contributed by atoms with Crippen LogP contribution in [-0.2, 0) is 6.42 Å². The number of pyridine rings is 1. The highest BCUT2D eigenvalue weighted by atomic mass is 32.2. The lowest BCUT2D eigenvalue weighted by Crippen LogP contribution is -2.15. The Kier molecular flexibility index (Phi) is 12.9. The summed E-state index contributed by atoms with van der Waals surface area (Å²) in [7, 11) is 0. The molecule has 1 aliphatic carbocycles. The number of unbranched alkanes of at least 4 members (excludes halogenated alkanes) is 1. The van der Waals surface area contributed by atoms with Gasteiger partial charge < -0.3 is 11.5 Å². The quantitative estimate of drug-likeness (QED) is 0.166. The van der Waals surface area contributed by atoms with Crippen LogP contribution in [0.5, 0.6) is 0 Å². The summed E-state index contributed by atoms with van der Waals surface area (Å²) >= 11 is 1.66. The van der Waals surface area contributed by atoms with E-state index in [1.165, 1.54) is 11.1 Å². The van der Waals surface area contributed by atoms with Gasteiger partial charge in [-0.2, -0.15) is 0 Å². The van der Waals surface area contributed by atoms with Gasteiger partial charge >= 0.3 is 0 Å². The maximum atomic E-state index is 6.55. The molecule has 192 valence electrons. The molecule has 0 amide bonds. The summed E-state index contributed by atoms with van der Waals surface area (Å²) in [4.78, 5) is 9.69. The molecule has 5 nitrogen and oxygen atoms in total.